The number of amides is 3. The van der Waals surface area contributed by atoms with Crippen molar-refractivity contribution in [3.63, 3.8) is 0 Å². The number of halogens is 3. The number of ether oxygens (including phenoxy) is 4. The first kappa shape index (κ1) is 42.3. The molecule has 56 heavy (non-hydrogen) atoms. The van der Waals surface area contributed by atoms with E-state index in [0.29, 0.717) is 33.7 Å². The first-order chi connectivity index (χ1) is 26.5. The highest BCUT2D eigenvalue weighted by Crippen LogP contribution is 2.38. The summed E-state index contributed by atoms with van der Waals surface area (Å²) in [6, 6.07) is 8.13. The molecule has 5 rings (SSSR count). The van der Waals surface area contributed by atoms with Gasteiger partial charge in [0, 0.05) is 41.7 Å². The summed E-state index contributed by atoms with van der Waals surface area (Å²) in [5, 5.41) is 3.37. The summed E-state index contributed by atoms with van der Waals surface area (Å²) in [7, 11) is 3.17. The minimum Gasteiger partial charge on any atom is -0.495 e. The molecule has 3 aromatic rings. The summed E-state index contributed by atoms with van der Waals surface area (Å²) in [5.41, 5.74) is 0.496. The fraction of sp³-hybridized carbons (Fsp3) is 0.475. The number of anilines is 1. The molecule has 0 bridgehead atoms. The van der Waals surface area contributed by atoms with E-state index >= 15 is 0 Å². The van der Waals surface area contributed by atoms with E-state index in [9.17, 15) is 23.7 Å². The van der Waals surface area contributed by atoms with Crippen LogP contribution in [-0.2, 0) is 32.5 Å². The number of pyridine rings is 1. The maximum Gasteiger partial charge on any atom is 0.410 e. The van der Waals surface area contributed by atoms with Crippen molar-refractivity contribution >= 4 is 52.8 Å². The molecule has 1 aliphatic heterocycles. The number of hydrogen-bond donors (Lipinski definition) is 1. The molecule has 302 valence electrons. The molecular formula is C40H48Cl2FN4O9+. The van der Waals surface area contributed by atoms with Gasteiger partial charge in [-0.25, -0.2) is 14.2 Å². The maximum atomic E-state index is 13.9. The van der Waals surface area contributed by atoms with Crippen molar-refractivity contribution in [2.75, 3.05) is 32.1 Å². The lowest BCUT2D eigenvalue weighted by Crippen LogP contribution is -2.60. The van der Waals surface area contributed by atoms with E-state index in [2.05, 4.69) is 10.3 Å². The summed E-state index contributed by atoms with van der Waals surface area (Å²) < 4.78 is 38.1. The van der Waals surface area contributed by atoms with Crippen molar-refractivity contribution < 1.29 is 52.2 Å². The Labute approximate surface area is 335 Å². The minimum absolute atomic E-state index is 0.0487. The van der Waals surface area contributed by atoms with Crippen LogP contribution in [0.15, 0.2) is 48.8 Å². The number of aryl methyl sites for hydroxylation is 1. The van der Waals surface area contributed by atoms with Crippen molar-refractivity contribution in [2.24, 2.45) is 13.0 Å². The Morgan fingerprint density at radius 2 is 1.59 bits per heavy atom. The van der Waals surface area contributed by atoms with Gasteiger partial charge < -0.3 is 34.1 Å². The zero-order chi connectivity index (χ0) is 40.9. The largest absolute Gasteiger partial charge is 0.495 e. The number of benzene rings is 2. The molecule has 3 amide bonds. The molecule has 0 spiro atoms. The lowest BCUT2D eigenvalue weighted by Gasteiger charge is -2.44. The van der Waals surface area contributed by atoms with Gasteiger partial charge in [0.05, 0.1) is 25.0 Å². The first-order valence-electron chi connectivity index (χ1n) is 18.3. The standard InChI is InChI=1S/C40H47Cl2FN4O9/c1-23-19-47(39(51)55-40(3,4)5)24(2)18-46(23)37(49)17-36(48)44-31-14-27(11-12-32(31)52-7)38(50)54-34(16-28-29(41)20-45(6)21-30(28)42)26-10-13-33(56-43)35(15-26)53-22-25-8-9-25/h10-15,20-21,23-25,34H,8-9,16-19,22H2,1-7H3/p+1. The maximum absolute atomic E-state index is 13.9. The topological polar surface area (TPSA) is 137 Å². The van der Waals surface area contributed by atoms with E-state index < -0.39 is 42.0 Å². The number of nitrogens with zero attached hydrogens (tertiary/aromatic N) is 3. The number of carbonyl (C=O) groups excluding carboxylic acids is 4. The molecule has 2 fully saturated rings. The number of hydrogen-bond acceptors (Lipinski definition) is 9. The molecule has 1 saturated heterocycles. The SMILES string of the molecule is COc1ccc(C(=O)OC(Cc2c(Cl)c[n+](C)cc2Cl)c2ccc(OF)c(OCC3CC3)c2)cc1NC(=O)CC(=O)N1CC(C)N(C(=O)OC(C)(C)C)CC1C. The molecule has 1 N–H and O–H groups in total. The summed E-state index contributed by atoms with van der Waals surface area (Å²) >= 11 is 13.2. The van der Waals surface area contributed by atoms with Crippen LogP contribution in [0.1, 0.15) is 81.5 Å². The van der Waals surface area contributed by atoms with Gasteiger partial charge in [-0.1, -0.05) is 29.3 Å². The quantitative estimate of drug-likeness (QED) is 0.108. The van der Waals surface area contributed by atoms with Crippen molar-refractivity contribution in [1.29, 1.82) is 0 Å². The van der Waals surface area contributed by atoms with E-state index in [-0.39, 0.29) is 60.1 Å². The van der Waals surface area contributed by atoms with Crippen LogP contribution in [0.25, 0.3) is 0 Å². The molecule has 3 unspecified atom stereocenters. The Morgan fingerprint density at radius 3 is 2.21 bits per heavy atom. The normalized spacial score (nSPS) is 17.5. The van der Waals surface area contributed by atoms with Crippen LogP contribution < -0.4 is 24.3 Å². The first-order valence-corrected chi connectivity index (χ1v) is 19.1. The van der Waals surface area contributed by atoms with Crippen LogP contribution in [0.5, 0.6) is 17.2 Å². The number of esters is 1. The van der Waals surface area contributed by atoms with Crippen LogP contribution in [0.2, 0.25) is 10.0 Å². The highest BCUT2D eigenvalue weighted by atomic mass is 35.5. The summed E-state index contributed by atoms with van der Waals surface area (Å²) in [6.07, 6.45) is 3.47. The van der Waals surface area contributed by atoms with Gasteiger partial charge in [-0.05, 0) is 89.3 Å². The number of aromatic nitrogens is 1. The Kier molecular flexibility index (Phi) is 13.6. The Bertz CT molecular complexity index is 1930. The van der Waals surface area contributed by atoms with E-state index in [1.807, 2.05) is 6.92 Å². The third-order valence-corrected chi connectivity index (χ3v) is 10.1. The monoisotopic (exact) mass is 817 g/mol. The number of methoxy groups -OCH3 is 1. The van der Waals surface area contributed by atoms with Crippen molar-refractivity contribution in [3.8, 4) is 17.2 Å². The van der Waals surface area contributed by atoms with Gasteiger partial charge in [0.2, 0.25) is 17.6 Å². The molecule has 2 aliphatic rings. The van der Waals surface area contributed by atoms with Gasteiger partial charge in [-0.2, -0.15) is 0 Å². The average molecular weight is 819 g/mol. The third-order valence-electron chi connectivity index (χ3n) is 9.40. The second kappa shape index (κ2) is 18.0. The molecule has 13 nitrogen and oxygen atoms in total. The van der Waals surface area contributed by atoms with Crippen LogP contribution in [0.4, 0.5) is 15.0 Å². The Balaban J connectivity index is 1.32. The fourth-order valence-electron chi connectivity index (χ4n) is 6.28. The lowest BCUT2D eigenvalue weighted by molar-refractivity contribution is -0.671. The van der Waals surface area contributed by atoms with E-state index in [1.54, 1.807) is 73.6 Å². The van der Waals surface area contributed by atoms with Gasteiger partial charge in [0.1, 0.15) is 41.0 Å². The molecule has 0 radical (unpaired) electrons. The zero-order valence-corrected chi connectivity index (χ0v) is 34.0. The molecule has 2 aromatic carbocycles. The van der Waals surface area contributed by atoms with Crippen molar-refractivity contribution in [1.82, 2.24) is 9.80 Å². The number of nitrogens with one attached hydrogen (secondary N) is 1. The second-order valence-corrected chi connectivity index (χ2v) is 16.1. The van der Waals surface area contributed by atoms with Crippen LogP contribution >= 0.6 is 23.2 Å². The Hall–Kier alpha value is -4.82. The van der Waals surface area contributed by atoms with E-state index in [1.165, 1.54) is 31.4 Å². The smallest absolute Gasteiger partial charge is 0.410 e. The molecule has 2 heterocycles. The summed E-state index contributed by atoms with van der Waals surface area (Å²) in [4.78, 5) is 60.5. The molecular weight excluding hydrogens is 770 g/mol. The number of rotatable bonds is 13. The second-order valence-electron chi connectivity index (χ2n) is 15.3. The molecule has 1 aliphatic carbocycles. The third kappa shape index (κ3) is 10.9. The molecule has 1 saturated carbocycles. The molecule has 1 aromatic heterocycles. The summed E-state index contributed by atoms with van der Waals surface area (Å²) in [6.45, 7) is 9.81. The van der Waals surface area contributed by atoms with Gasteiger partial charge >= 0.3 is 12.1 Å². The Morgan fingerprint density at radius 1 is 0.946 bits per heavy atom. The molecule has 3 atom stereocenters. The number of piperazine rings is 1. The van der Waals surface area contributed by atoms with E-state index in [4.69, 9.17) is 42.1 Å². The van der Waals surface area contributed by atoms with Gasteiger partial charge in [-0.3, -0.25) is 14.5 Å². The van der Waals surface area contributed by atoms with Gasteiger partial charge in [-0.15, -0.1) is 0 Å². The van der Waals surface area contributed by atoms with Crippen molar-refractivity contribution in [2.45, 2.75) is 84.1 Å². The van der Waals surface area contributed by atoms with Gasteiger partial charge in [0.25, 0.3) is 0 Å². The van der Waals surface area contributed by atoms with Crippen LogP contribution in [0.3, 0.4) is 0 Å². The molecule has 16 heteroatoms. The number of carbonyl (C=O) groups is 4. The minimum atomic E-state index is -0.986. The fourth-order valence-corrected chi connectivity index (χ4v) is 6.99. The van der Waals surface area contributed by atoms with Crippen LogP contribution in [-0.4, -0.2) is 78.2 Å². The van der Waals surface area contributed by atoms with Gasteiger partial charge in [0.15, 0.2) is 18.1 Å². The predicted molar refractivity (Wildman–Crippen MR) is 206 cm³/mol. The van der Waals surface area contributed by atoms with Crippen molar-refractivity contribution in [3.05, 3.63) is 75.5 Å². The zero-order valence-electron chi connectivity index (χ0n) is 32.5. The average Bonchev–Trinajstić information content (AvgIpc) is 3.96. The predicted octanol–water partition coefficient (Wildman–Crippen LogP) is 7.20. The highest BCUT2D eigenvalue weighted by Gasteiger charge is 2.37. The van der Waals surface area contributed by atoms with Crippen LogP contribution in [0, 0.1) is 5.92 Å². The lowest BCUT2D eigenvalue weighted by atomic mass is 10.0. The summed E-state index contributed by atoms with van der Waals surface area (Å²) in [5.74, 6) is -1.20. The van der Waals surface area contributed by atoms with E-state index in [0.717, 1.165) is 12.8 Å². The highest BCUT2D eigenvalue weighted by molar-refractivity contribution is 6.35.